The van der Waals surface area contributed by atoms with Crippen LogP contribution in [0.3, 0.4) is 0 Å². The summed E-state index contributed by atoms with van der Waals surface area (Å²) in [6, 6.07) is 3.87. The smallest absolute Gasteiger partial charge is 0.229 e. The average molecular weight is 244 g/mol. The molecule has 0 spiro atoms. The second-order valence-electron chi connectivity index (χ2n) is 3.15. The third-order valence-corrected chi connectivity index (χ3v) is 2.42. The predicted molar refractivity (Wildman–Crippen MR) is 55.7 cm³/mol. The Morgan fingerprint density at radius 1 is 1.31 bits per heavy atom. The molecule has 1 aromatic heterocycles. The van der Waals surface area contributed by atoms with E-state index in [0.717, 1.165) is 6.07 Å². The minimum absolute atomic E-state index is 0.0151. The van der Waals surface area contributed by atoms with Crippen LogP contribution in [0, 0.1) is 11.6 Å². The van der Waals surface area contributed by atoms with E-state index < -0.39 is 11.6 Å². The average Bonchev–Trinajstić information content (AvgIpc) is 2.64. The number of hydrogen-bond acceptors (Lipinski definition) is 2. The molecule has 1 heterocycles. The van der Waals surface area contributed by atoms with Crippen LogP contribution in [0.4, 0.5) is 8.78 Å². The second-order valence-corrected chi connectivity index (χ2v) is 3.49. The lowest BCUT2D eigenvalue weighted by molar-refractivity contribution is 0.503. The van der Waals surface area contributed by atoms with Crippen LogP contribution >= 0.6 is 11.6 Å². The normalized spacial score (nSPS) is 10.8. The Kier molecular flexibility index (Phi) is 2.87. The highest BCUT2D eigenvalue weighted by Gasteiger charge is 2.16. The highest BCUT2D eigenvalue weighted by molar-refractivity contribution is 6.28. The van der Waals surface area contributed by atoms with Crippen LogP contribution in [0.2, 0.25) is 5.28 Å². The van der Waals surface area contributed by atoms with Crippen molar-refractivity contribution in [1.29, 1.82) is 0 Å². The van der Waals surface area contributed by atoms with E-state index in [0.29, 0.717) is 12.2 Å². The van der Waals surface area contributed by atoms with E-state index >= 15 is 0 Å². The Labute approximate surface area is 95.7 Å². The van der Waals surface area contributed by atoms with Crippen molar-refractivity contribution in [3.63, 3.8) is 0 Å². The molecule has 0 saturated carbocycles. The zero-order valence-electron chi connectivity index (χ0n) is 8.41. The number of halogens is 3. The first kappa shape index (κ1) is 11.0. The van der Waals surface area contributed by atoms with Crippen molar-refractivity contribution in [2.45, 2.75) is 13.3 Å². The lowest BCUT2D eigenvalue weighted by Gasteiger charge is -2.07. The monoisotopic (exact) mass is 243 g/mol. The Balaban J connectivity index is 2.67. The van der Waals surface area contributed by atoms with E-state index in [1.54, 1.807) is 0 Å². The molecule has 0 fully saturated rings. The van der Waals surface area contributed by atoms with Crippen molar-refractivity contribution in [1.82, 2.24) is 14.8 Å². The fourth-order valence-electron chi connectivity index (χ4n) is 1.43. The second kappa shape index (κ2) is 4.17. The van der Waals surface area contributed by atoms with Crippen molar-refractivity contribution >= 4 is 11.6 Å². The molecule has 6 heteroatoms. The van der Waals surface area contributed by atoms with Gasteiger partial charge in [-0.05, 0) is 23.7 Å². The van der Waals surface area contributed by atoms with Crippen LogP contribution < -0.4 is 0 Å². The maximum Gasteiger partial charge on any atom is 0.229 e. The first-order chi connectivity index (χ1) is 7.65. The van der Waals surface area contributed by atoms with Gasteiger partial charge in [0.25, 0.3) is 0 Å². The lowest BCUT2D eigenvalue weighted by Crippen LogP contribution is -2.04. The summed E-state index contributed by atoms with van der Waals surface area (Å²) in [5.74, 6) is -1.40. The van der Waals surface area contributed by atoms with Crippen LogP contribution in [-0.2, 0) is 6.42 Å². The van der Waals surface area contributed by atoms with Gasteiger partial charge in [-0.25, -0.2) is 8.78 Å². The van der Waals surface area contributed by atoms with Gasteiger partial charge in [0, 0.05) is 6.42 Å². The summed E-state index contributed by atoms with van der Waals surface area (Å²) >= 11 is 5.78. The molecule has 1 aromatic carbocycles. The van der Waals surface area contributed by atoms with Crippen molar-refractivity contribution in [2.24, 2.45) is 0 Å². The van der Waals surface area contributed by atoms with Gasteiger partial charge in [-0.3, -0.25) is 4.57 Å². The van der Waals surface area contributed by atoms with Gasteiger partial charge in [-0.2, -0.15) is 0 Å². The van der Waals surface area contributed by atoms with Crippen LogP contribution in [-0.4, -0.2) is 14.8 Å². The number of hydrogen-bond donors (Lipinski definition) is 0. The summed E-state index contributed by atoms with van der Waals surface area (Å²) in [7, 11) is 0. The molecule has 2 aromatic rings. The van der Waals surface area contributed by atoms with Crippen LogP contribution in [0.15, 0.2) is 18.2 Å². The van der Waals surface area contributed by atoms with E-state index in [9.17, 15) is 8.78 Å². The maximum atomic E-state index is 13.6. The molecule has 0 N–H and O–H groups in total. The molecule has 3 nitrogen and oxygen atoms in total. The third kappa shape index (κ3) is 1.67. The molecule has 2 rings (SSSR count). The SMILES string of the molecule is CCc1nnc(Cl)n1-c1cccc(F)c1F. The van der Waals surface area contributed by atoms with E-state index in [2.05, 4.69) is 10.2 Å². The van der Waals surface area contributed by atoms with Gasteiger partial charge < -0.3 is 0 Å². The van der Waals surface area contributed by atoms with Crippen molar-refractivity contribution in [2.75, 3.05) is 0 Å². The number of aromatic nitrogens is 3. The molecule has 0 bridgehead atoms. The van der Waals surface area contributed by atoms with Gasteiger partial charge >= 0.3 is 0 Å². The fraction of sp³-hybridized carbons (Fsp3) is 0.200. The molecular weight excluding hydrogens is 236 g/mol. The van der Waals surface area contributed by atoms with Gasteiger partial charge in [0.1, 0.15) is 5.82 Å². The Morgan fingerprint density at radius 2 is 2.06 bits per heavy atom. The first-order valence-electron chi connectivity index (χ1n) is 4.69. The molecule has 0 saturated heterocycles. The number of benzene rings is 1. The predicted octanol–water partition coefficient (Wildman–Crippen LogP) is 2.76. The zero-order chi connectivity index (χ0) is 11.7. The molecular formula is C10H8ClF2N3. The van der Waals surface area contributed by atoms with Crippen LogP contribution in [0.25, 0.3) is 5.69 Å². The van der Waals surface area contributed by atoms with Gasteiger partial charge in [-0.15, -0.1) is 10.2 Å². The minimum Gasteiger partial charge on any atom is -0.267 e. The Bertz CT molecular complexity index is 525. The van der Waals surface area contributed by atoms with Crippen LogP contribution in [0.1, 0.15) is 12.7 Å². The van der Waals surface area contributed by atoms with E-state index in [1.807, 2.05) is 6.92 Å². The quantitative estimate of drug-likeness (QED) is 0.812. The lowest BCUT2D eigenvalue weighted by atomic mass is 10.3. The molecule has 0 radical (unpaired) electrons. The fourth-order valence-corrected chi connectivity index (χ4v) is 1.65. The first-order valence-corrected chi connectivity index (χ1v) is 5.07. The van der Waals surface area contributed by atoms with Crippen molar-refractivity contribution in [3.8, 4) is 5.69 Å². The van der Waals surface area contributed by atoms with Crippen LogP contribution in [0.5, 0.6) is 0 Å². The minimum atomic E-state index is -0.959. The Morgan fingerprint density at radius 3 is 2.75 bits per heavy atom. The number of nitrogens with zero attached hydrogens (tertiary/aromatic N) is 3. The Hall–Kier alpha value is -1.49. The highest BCUT2D eigenvalue weighted by atomic mass is 35.5. The summed E-state index contributed by atoms with van der Waals surface area (Å²) in [5.41, 5.74) is 0.0202. The van der Waals surface area contributed by atoms with E-state index in [4.69, 9.17) is 11.6 Å². The highest BCUT2D eigenvalue weighted by Crippen LogP contribution is 2.21. The van der Waals surface area contributed by atoms with Gasteiger partial charge in [0.05, 0.1) is 5.69 Å². The van der Waals surface area contributed by atoms with Gasteiger partial charge in [0.15, 0.2) is 11.6 Å². The summed E-state index contributed by atoms with van der Waals surface area (Å²) in [6.45, 7) is 1.83. The maximum absolute atomic E-state index is 13.6. The molecule has 16 heavy (non-hydrogen) atoms. The topological polar surface area (TPSA) is 30.7 Å². The number of aryl methyl sites for hydroxylation is 1. The zero-order valence-corrected chi connectivity index (χ0v) is 9.17. The summed E-state index contributed by atoms with van der Waals surface area (Å²) in [5, 5.41) is 7.41. The third-order valence-electron chi connectivity index (χ3n) is 2.18. The van der Waals surface area contributed by atoms with Crippen molar-refractivity contribution < 1.29 is 8.78 Å². The molecule has 0 aliphatic heterocycles. The van der Waals surface area contributed by atoms with Gasteiger partial charge in [0.2, 0.25) is 5.28 Å². The molecule has 0 aliphatic carbocycles. The summed E-state index contributed by atoms with van der Waals surface area (Å²) < 4.78 is 27.9. The van der Waals surface area contributed by atoms with E-state index in [-0.39, 0.29) is 11.0 Å². The molecule has 0 amide bonds. The largest absolute Gasteiger partial charge is 0.267 e. The summed E-state index contributed by atoms with van der Waals surface area (Å²) in [4.78, 5) is 0. The molecule has 0 aliphatic rings. The standard InChI is InChI=1S/C10H8ClF2N3/c1-2-8-14-15-10(11)16(8)7-5-3-4-6(12)9(7)13/h3-5H,2H2,1H3. The van der Waals surface area contributed by atoms with Crippen molar-refractivity contribution in [3.05, 3.63) is 40.9 Å². The molecule has 0 unspecified atom stereocenters. The van der Waals surface area contributed by atoms with E-state index in [1.165, 1.54) is 16.7 Å². The number of rotatable bonds is 2. The molecule has 84 valence electrons. The molecule has 0 atom stereocenters. The summed E-state index contributed by atoms with van der Waals surface area (Å²) in [6.07, 6.45) is 0.523. The van der Waals surface area contributed by atoms with Gasteiger partial charge in [-0.1, -0.05) is 13.0 Å².